The summed E-state index contributed by atoms with van der Waals surface area (Å²) in [5.74, 6) is -2.80. The maximum Gasteiger partial charge on any atom is 0.253 e. The maximum absolute atomic E-state index is 14.9. The van der Waals surface area contributed by atoms with E-state index in [0.29, 0.717) is 34.1 Å². The highest BCUT2D eigenvalue weighted by Gasteiger charge is 2.74. The van der Waals surface area contributed by atoms with Gasteiger partial charge in [-0.3, -0.25) is 19.2 Å². The van der Waals surface area contributed by atoms with Crippen LogP contribution in [0.25, 0.3) is 0 Å². The predicted octanol–water partition coefficient (Wildman–Crippen LogP) is 6.78. The largest absolute Gasteiger partial charge is 0.497 e. The third-order valence-electron chi connectivity index (χ3n) is 10.6. The molecule has 0 radical (unpaired) electrons. The van der Waals surface area contributed by atoms with Gasteiger partial charge in [-0.05, 0) is 60.7 Å². The number of methoxy groups -OCH3 is 4. The second-order valence-corrected chi connectivity index (χ2v) is 14.7. The minimum atomic E-state index is -1.19. The zero-order chi connectivity index (χ0) is 38.3. The Morgan fingerprint density at radius 1 is 0.444 bits per heavy atom. The topological polar surface area (TPSA) is 118 Å². The van der Waals surface area contributed by atoms with Gasteiger partial charge in [-0.15, -0.1) is 0 Å². The fraction of sp³-hybridized carbons (Fsp3) is 0.263. The molecule has 54 heavy (non-hydrogen) atoms. The zero-order valence-corrected chi connectivity index (χ0v) is 32.0. The molecule has 0 bridgehead atoms. The Labute approximate surface area is 329 Å². The summed E-state index contributed by atoms with van der Waals surface area (Å²) in [6.07, 6.45) is 0. The molecule has 0 saturated carbocycles. The van der Waals surface area contributed by atoms with Gasteiger partial charge in [0.25, 0.3) is 11.8 Å². The highest BCUT2D eigenvalue weighted by molar-refractivity contribution is 6.43. The molecule has 4 saturated heterocycles. The van der Waals surface area contributed by atoms with Crippen LogP contribution >= 0.6 is 46.4 Å². The lowest BCUT2D eigenvalue weighted by Crippen LogP contribution is -2.50. The van der Waals surface area contributed by atoms with E-state index in [4.69, 9.17) is 65.4 Å². The number of benzene rings is 4. The normalized spacial score (nSPS) is 25.0. The van der Waals surface area contributed by atoms with Gasteiger partial charge in [0.15, 0.2) is 0 Å². The molecule has 0 aliphatic carbocycles. The summed E-state index contributed by atoms with van der Waals surface area (Å²) in [7, 11) is 5.96. The monoisotopic (exact) mass is 810 g/mol. The number of nitrogens with zero attached hydrogens (tertiary/aromatic N) is 4. The Morgan fingerprint density at radius 2 is 0.833 bits per heavy atom. The van der Waals surface area contributed by atoms with E-state index in [1.54, 1.807) is 46.4 Å². The average Bonchev–Trinajstić information content (AvgIpc) is 3.84. The van der Waals surface area contributed by atoms with E-state index >= 15 is 0 Å². The molecule has 0 spiro atoms. The number of carbonyl (C=O) groups excluding carboxylic acids is 4. The van der Waals surface area contributed by atoms with E-state index < -0.39 is 59.6 Å². The Bertz CT molecular complexity index is 2120. The Hall–Kier alpha value is -4.56. The van der Waals surface area contributed by atoms with Crippen molar-refractivity contribution in [3.05, 3.63) is 104 Å². The van der Waals surface area contributed by atoms with E-state index in [1.165, 1.54) is 64.8 Å². The van der Waals surface area contributed by atoms with Gasteiger partial charge in [0.1, 0.15) is 35.1 Å². The van der Waals surface area contributed by atoms with Crippen molar-refractivity contribution in [1.29, 1.82) is 0 Å². The number of fused-ring (bicyclic) bond motifs is 5. The maximum atomic E-state index is 14.9. The average molecular weight is 812 g/mol. The zero-order valence-electron chi connectivity index (χ0n) is 29.0. The number of hydrazine groups is 1. The summed E-state index contributed by atoms with van der Waals surface area (Å²) in [5.41, 5.74) is 1.41. The first-order chi connectivity index (χ1) is 25.9. The summed E-state index contributed by atoms with van der Waals surface area (Å²) in [4.78, 5) is 61.7. The third kappa shape index (κ3) is 5.26. The van der Waals surface area contributed by atoms with Gasteiger partial charge in [0, 0.05) is 23.3 Å². The second kappa shape index (κ2) is 13.6. The van der Waals surface area contributed by atoms with Crippen molar-refractivity contribution in [2.24, 2.45) is 11.8 Å². The molecule has 4 amide bonds. The van der Waals surface area contributed by atoms with Crippen LogP contribution in [0.3, 0.4) is 0 Å². The van der Waals surface area contributed by atoms with Crippen molar-refractivity contribution in [2.75, 3.05) is 38.2 Å². The number of carbonyl (C=O) groups is 4. The number of hydrogen-bond acceptors (Lipinski definition) is 10. The van der Waals surface area contributed by atoms with E-state index in [1.807, 2.05) is 0 Å². The first kappa shape index (κ1) is 36.4. The molecule has 8 rings (SSSR count). The van der Waals surface area contributed by atoms with Crippen molar-refractivity contribution in [3.8, 4) is 23.0 Å². The summed E-state index contributed by atoms with van der Waals surface area (Å²) < 4.78 is 22.7. The van der Waals surface area contributed by atoms with Crippen molar-refractivity contribution < 1.29 is 38.1 Å². The Kier molecular flexibility index (Phi) is 9.19. The quantitative estimate of drug-likeness (QED) is 0.176. The van der Waals surface area contributed by atoms with E-state index in [0.717, 1.165) is 9.80 Å². The van der Waals surface area contributed by atoms with Gasteiger partial charge in [-0.2, -0.15) is 0 Å². The Morgan fingerprint density at radius 3 is 1.17 bits per heavy atom. The highest BCUT2D eigenvalue weighted by Crippen LogP contribution is 2.61. The minimum Gasteiger partial charge on any atom is -0.497 e. The number of amides is 4. The molecule has 16 heteroatoms. The Balaban J connectivity index is 1.38. The fourth-order valence-corrected chi connectivity index (χ4v) is 8.92. The van der Waals surface area contributed by atoms with Crippen molar-refractivity contribution >= 4 is 81.4 Å². The summed E-state index contributed by atoms with van der Waals surface area (Å²) in [6.45, 7) is 0. The molecular weight excluding hydrogens is 782 g/mol. The number of imide groups is 2. The van der Waals surface area contributed by atoms with Gasteiger partial charge in [-0.25, -0.2) is 19.8 Å². The van der Waals surface area contributed by atoms with Crippen LogP contribution in [-0.2, 0) is 19.2 Å². The molecule has 4 heterocycles. The van der Waals surface area contributed by atoms with Crippen molar-refractivity contribution in [2.45, 2.75) is 24.2 Å². The predicted molar refractivity (Wildman–Crippen MR) is 201 cm³/mol. The van der Waals surface area contributed by atoms with Crippen molar-refractivity contribution in [1.82, 2.24) is 10.0 Å². The standard InChI is InChI=1S/C38H30Cl4N4O8/c1-51-19-7-9-21(27(15-19)53-3)31-29-33(37(49)43(35(29)47)17-5-11-23(39)25(41)13-17)46-32(22-10-8-20(52-2)16-28(22)54-4)30-34(45(31)46)38(50)44(36(30)48)18-6-12-24(40)26(42)14-18/h5-16,29-34H,1-4H3/t29-,30+,31-,32-,33-,34+/m0/s1. The molecular formula is C38H30Cl4N4O8. The molecule has 4 aliphatic rings. The van der Waals surface area contributed by atoms with E-state index in [-0.39, 0.29) is 31.5 Å². The number of halogens is 4. The third-order valence-corrected chi connectivity index (χ3v) is 12.0. The molecule has 4 aromatic carbocycles. The van der Waals surface area contributed by atoms with Crippen LogP contribution in [0, 0.1) is 11.8 Å². The highest BCUT2D eigenvalue weighted by atomic mass is 35.5. The summed E-state index contributed by atoms with van der Waals surface area (Å²) in [6, 6.07) is 14.8. The molecule has 4 aromatic rings. The van der Waals surface area contributed by atoms with Gasteiger partial charge >= 0.3 is 0 Å². The van der Waals surface area contributed by atoms with Crippen LogP contribution in [0.1, 0.15) is 23.2 Å². The molecule has 0 N–H and O–H groups in total. The SMILES string of the molecule is COc1ccc([C@H]2[C@H]3C(=O)N(c4ccc(Cl)c(Cl)c4)C(=O)[C@@H]3N3[C@@H](c4ccc(OC)cc4OC)[C@@H]4C(=O)N(c5ccc(Cl)c(Cl)c5)C(=O)[C@H]4N23)c(OC)c1. The van der Waals surface area contributed by atoms with Crippen LogP contribution in [-0.4, -0.2) is 74.2 Å². The molecule has 4 aliphatic heterocycles. The molecule has 278 valence electrons. The molecule has 12 nitrogen and oxygen atoms in total. The molecule has 4 fully saturated rings. The van der Waals surface area contributed by atoms with Crippen LogP contribution in [0.15, 0.2) is 72.8 Å². The summed E-state index contributed by atoms with van der Waals surface area (Å²) in [5, 5.41) is 4.20. The second-order valence-electron chi connectivity index (χ2n) is 13.0. The van der Waals surface area contributed by atoms with E-state index in [2.05, 4.69) is 0 Å². The smallest absolute Gasteiger partial charge is 0.253 e. The van der Waals surface area contributed by atoms with Gasteiger partial charge in [-0.1, -0.05) is 46.4 Å². The number of anilines is 2. The first-order valence-corrected chi connectivity index (χ1v) is 18.1. The molecule has 0 aromatic heterocycles. The van der Waals surface area contributed by atoms with Gasteiger partial charge in [0.2, 0.25) is 11.8 Å². The number of rotatable bonds is 8. The van der Waals surface area contributed by atoms with E-state index in [9.17, 15) is 19.2 Å². The fourth-order valence-electron chi connectivity index (χ4n) is 8.33. The number of hydrogen-bond donors (Lipinski definition) is 0. The summed E-state index contributed by atoms with van der Waals surface area (Å²) >= 11 is 25.2. The van der Waals surface area contributed by atoms with Crippen LogP contribution in [0.5, 0.6) is 23.0 Å². The van der Waals surface area contributed by atoms with Crippen LogP contribution in [0.4, 0.5) is 11.4 Å². The number of ether oxygens (including phenoxy) is 4. The van der Waals surface area contributed by atoms with Gasteiger partial charge in [0.05, 0.1) is 83.8 Å². The lowest BCUT2D eigenvalue weighted by molar-refractivity contribution is -0.136. The lowest BCUT2D eigenvalue weighted by atomic mass is 9.83. The lowest BCUT2D eigenvalue weighted by Gasteiger charge is -2.36. The van der Waals surface area contributed by atoms with Crippen LogP contribution in [0.2, 0.25) is 20.1 Å². The van der Waals surface area contributed by atoms with Gasteiger partial charge < -0.3 is 18.9 Å². The van der Waals surface area contributed by atoms with Crippen molar-refractivity contribution in [3.63, 3.8) is 0 Å². The molecule has 0 unspecified atom stereocenters. The molecule has 6 atom stereocenters. The first-order valence-electron chi connectivity index (χ1n) is 16.6. The van der Waals surface area contributed by atoms with Crippen LogP contribution < -0.4 is 28.7 Å². The minimum absolute atomic E-state index is 0.150.